The molecule has 0 aliphatic heterocycles. The van der Waals surface area contributed by atoms with Crippen molar-refractivity contribution >= 4 is 0 Å². The molecule has 0 amide bonds. The van der Waals surface area contributed by atoms with Crippen molar-refractivity contribution in [3.05, 3.63) is 0 Å². The molecule has 1 saturated carbocycles. The van der Waals surface area contributed by atoms with Crippen LogP contribution in [0.3, 0.4) is 0 Å². The van der Waals surface area contributed by atoms with E-state index in [1.165, 1.54) is 0 Å². The van der Waals surface area contributed by atoms with E-state index in [1.54, 1.807) is 0 Å². The summed E-state index contributed by atoms with van der Waals surface area (Å²) in [5.74, 6) is 0.473. The van der Waals surface area contributed by atoms with Gasteiger partial charge in [-0.2, -0.15) is 0 Å². The highest BCUT2D eigenvalue weighted by atomic mass is 16.3. The molecule has 1 aliphatic carbocycles. The number of aliphatic hydroxyl groups is 2. The molecule has 0 aromatic carbocycles. The van der Waals surface area contributed by atoms with E-state index in [0.717, 1.165) is 32.1 Å². The summed E-state index contributed by atoms with van der Waals surface area (Å²) in [5.41, 5.74) is -0.380. The van der Waals surface area contributed by atoms with Crippen LogP contribution < -0.4 is 0 Å². The van der Waals surface area contributed by atoms with Crippen LogP contribution in [0.2, 0.25) is 0 Å². The molecule has 2 atom stereocenters. The van der Waals surface area contributed by atoms with Crippen molar-refractivity contribution in [2.24, 2.45) is 5.92 Å². The van der Waals surface area contributed by atoms with Crippen molar-refractivity contribution in [1.82, 2.24) is 0 Å². The molecule has 2 unspecified atom stereocenters. The molecular formula is C9H18O2. The first-order chi connectivity index (χ1) is 5.19. The van der Waals surface area contributed by atoms with Gasteiger partial charge in [0.1, 0.15) is 0 Å². The first kappa shape index (κ1) is 9.01. The maximum Gasteiger partial charge on any atom is 0.0673 e. The standard InChI is InChI=1S/C9H18O2/c1-8-4-6-9(8,11)5-2-3-7-10/h8,10-11H,2-7H2,1H3. The summed E-state index contributed by atoms with van der Waals surface area (Å²) in [6.45, 7) is 2.35. The molecule has 0 aromatic rings. The fourth-order valence-electron chi connectivity index (χ4n) is 1.68. The van der Waals surface area contributed by atoms with Crippen LogP contribution in [0.5, 0.6) is 0 Å². The number of rotatable bonds is 4. The molecule has 2 heteroatoms. The van der Waals surface area contributed by atoms with Gasteiger partial charge in [0, 0.05) is 6.61 Å². The maximum atomic E-state index is 9.82. The topological polar surface area (TPSA) is 40.5 Å². The Labute approximate surface area is 68.2 Å². The largest absolute Gasteiger partial charge is 0.396 e. The lowest BCUT2D eigenvalue weighted by atomic mass is 9.68. The van der Waals surface area contributed by atoms with E-state index in [-0.39, 0.29) is 12.2 Å². The monoisotopic (exact) mass is 158 g/mol. The summed E-state index contributed by atoms with van der Waals surface area (Å²) < 4.78 is 0. The number of unbranched alkanes of at least 4 members (excludes halogenated alkanes) is 1. The molecule has 0 saturated heterocycles. The molecule has 0 aromatic heterocycles. The summed E-state index contributed by atoms with van der Waals surface area (Å²) in [6.07, 6.45) is 4.77. The Kier molecular flexibility index (Phi) is 2.90. The Morgan fingerprint density at radius 3 is 2.55 bits per heavy atom. The van der Waals surface area contributed by atoms with Gasteiger partial charge >= 0.3 is 0 Å². The van der Waals surface area contributed by atoms with Crippen LogP contribution >= 0.6 is 0 Å². The third kappa shape index (κ3) is 1.94. The minimum Gasteiger partial charge on any atom is -0.396 e. The van der Waals surface area contributed by atoms with Gasteiger partial charge in [0.15, 0.2) is 0 Å². The Balaban J connectivity index is 2.14. The van der Waals surface area contributed by atoms with Crippen molar-refractivity contribution in [2.75, 3.05) is 6.61 Å². The minimum atomic E-state index is -0.380. The average molecular weight is 158 g/mol. The normalized spacial score (nSPS) is 36.8. The minimum absolute atomic E-state index is 0.254. The highest BCUT2D eigenvalue weighted by Gasteiger charge is 2.40. The molecular weight excluding hydrogens is 140 g/mol. The van der Waals surface area contributed by atoms with E-state index in [0.29, 0.717) is 5.92 Å². The Morgan fingerprint density at radius 1 is 1.45 bits per heavy atom. The lowest BCUT2D eigenvalue weighted by Gasteiger charge is -2.43. The molecule has 1 fully saturated rings. The van der Waals surface area contributed by atoms with Gasteiger partial charge in [-0.15, -0.1) is 0 Å². The molecule has 66 valence electrons. The highest BCUT2D eigenvalue weighted by Crippen LogP contribution is 2.41. The molecule has 0 bridgehead atoms. The molecule has 1 aliphatic rings. The van der Waals surface area contributed by atoms with Gasteiger partial charge in [-0.3, -0.25) is 0 Å². The Morgan fingerprint density at radius 2 is 2.18 bits per heavy atom. The molecule has 0 radical (unpaired) electrons. The lowest BCUT2D eigenvalue weighted by molar-refractivity contribution is -0.0937. The van der Waals surface area contributed by atoms with Crippen LogP contribution in [0, 0.1) is 5.92 Å². The van der Waals surface area contributed by atoms with Crippen molar-refractivity contribution in [3.8, 4) is 0 Å². The lowest BCUT2D eigenvalue weighted by Crippen LogP contribution is -2.45. The quantitative estimate of drug-likeness (QED) is 0.606. The first-order valence-electron chi connectivity index (χ1n) is 4.52. The zero-order valence-corrected chi connectivity index (χ0v) is 7.21. The van der Waals surface area contributed by atoms with Crippen LogP contribution in [-0.2, 0) is 0 Å². The van der Waals surface area contributed by atoms with E-state index in [9.17, 15) is 5.11 Å². The van der Waals surface area contributed by atoms with Gasteiger partial charge in [0.2, 0.25) is 0 Å². The highest BCUT2D eigenvalue weighted by molar-refractivity contribution is 4.93. The van der Waals surface area contributed by atoms with Crippen LogP contribution in [-0.4, -0.2) is 22.4 Å². The molecule has 0 heterocycles. The average Bonchev–Trinajstić information content (AvgIpc) is 2.02. The van der Waals surface area contributed by atoms with Crippen molar-refractivity contribution in [2.45, 2.75) is 44.6 Å². The van der Waals surface area contributed by atoms with Crippen LogP contribution in [0.1, 0.15) is 39.0 Å². The maximum absolute atomic E-state index is 9.82. The molecule has 0 spiro atoms. The van der Waals surface area contributed by atoms with Crippen LogP contribution in [0.4, 0.5) is 0 Å². The third-order valence-corrected chi connectivity index (χ3v) is 2.95. The molecule has 11 heavy (non-hydrogen) atoms. The van der Waals surface area contributed by atoms with E-state index in [1.807, 2.05) is 0 Å². The van der Waals surface area contributed by atoms with E-state index >= 15 is 0 Å². The zero-order chi connectivity index (χ0) is 8.32. The smallest absolute Gasteiger partial charge is 0.0673 e. The predicted octanol–water partition coefficient (Wildman–Crippen LogP) is 1.31. The van der Waals surface area contributed by atoms with Crippen molar-refractivity contribution in [1.29, 1.82) is 0 Å². The molecule has 2 N–H and O–H groups in total. The molecule has 2 nitrogen and oxygen atoms in total. The van der Waals surface area contributed by atoms with Gasteiger partial charge in [0.25, 0.3) is 0 Å². The van der Waals surface area contributed by atoms with Crippen molar-refractivity contribution < 1.29 is 10.2 Å². The Bertz CT molecular complexity index is 125. The number of hydrogen-bond donors (Lipinski definition) is 2. The second-order valence-corrected chi connectivity index (χ2v) is 3.72. The first-order valence-corrected chi connectivity index (χ1v) is 4.52. The zero-order valence-electron chi connectivity index (χ0n) is 7.21. The molecule has 1 rings (SSSR count). The van der Waals surface area contributed by atoms with Gasteiger partial charge < -0.3 is 10.2 Å². The van der Waals surface area contributed by atoms with Gasteiger partial charge in [-0.25, -0.2) is 0 Å². The third-order valence-electron chi connectivity index (χ3n) is 2.95. The van der Waals surface area contributed by atoms with E-state index in [4.69, 9.17) is 5.11 Å². The van der Waals surface area contributed by atoms with Gasteiger partial charge in [0.05, 0.1) is 5.60 Å². The van der Waals surface area contributed by atoms with Gasteiger partial charge in [-0.1, -0.05) is 6.92 Å². The van der Waals surface area contributed by atoms with Gasteiger partial charge in [-0.05, 0) is 38.0 Å². The second kappa shape index (κ2) is 3.55. The second-order valence-electron chi connectivity index (χ2n) is 3.72. The fraction of sp³-hybridized carbons (Fsp3) is 1.00. The fourth-order valence-corrected chi connectivity index (χ4v) is 1.68. The number of aliphatic hydroxyl groups excluding tert-OH is 1. The predicted molar refractivity (Wildman–Crippen MR) is 44.3 cm³/mol. The summed E-state index contributed by atoms with van der Waals surface area (Å²) in [6, 6.07) is 0. The number of hydrogen-bond acceptors (Lipinski definition) is 2. The van der Waals surface area contributed by atoms with Crippen LogP contribution in [0.15, 0.2) is 0 Å². The van der Waals surface area contributed by atoms with E-state index < -0.39 is 0 Å². The van der Waals surface area contributed by atoms with Crippen molar-refractivity contribution in [3.63, 3.8) is 0 Å². The summed E-state index contributed by atoms with van der Waals surface area (Å²) >= 11 is 0. The Hall–Kier alpha value is -0.0800. The SMILES string of the molecule is CC1CCC1(O)CCCCO. The van der Waals surface area contributed by atoms with E-state index in [2.05, 4.69) is 6.92 Å². The summed E-state index contributed by atoms with van der Waals surface area (Å²) in [4.78, 5) is 0. The summed E-state index contributed by atoms with van der Waals surface area (Å²) in [5, 5.41) is 18.4. The summed E-state index contributed by atoms with van der Waals surface area (Å²) in [7, 11) is 0. The van der Waals surface area contributed by atoms with Crippen LogP contribution in [0.25, 0.3) is 0 Å².